The summed E-state index contributed by atoms with van der Waals surface area (Å²) in [5.41, 5.74) is 8.21. The lowest BCUT2D eigenvalue weighted by atomic mass is 9.86. The van der Waals surface area contributed by atoms with Gasteiger partial charge in [-0.15, -0.1) is 0 Å². The number of rotatable bonds is 6. The predicted molar refractivity (Wildman–Crippen MR) is 88.7 cm³/mol. The fraction of sp³-hybridized carbons (Fsp3) is 0.625. The average molecular weight is 312 g/mol. The molecular weight excluding hydrogens is 284 g/mol. The molecule has 0 spiro atoms. The summed E-state index contributed by atoms with van der Waals surface area (Å²) >= 11 is 0. The summed E-state index contributed by atoms with van der Waals surface area (Å²) in [5, 5.41) is 0. The fourth-order valence-corrected chi connectivity index (χ4v) is 3.73. The maximum Gasteiger partial charge on any atom is 0.240 e. The van der Waals surface area contributed by atoms with Gasteiger partial charge in [0.25, 0.3) is 0 Å². The van der Waals surface area contributed by atoms with E-state index in [9.17, 15) is 8.42 Å². The van der Waals surface area contributed by atoms with Crippen LogP contribution >= 0.6 is 0 Å². The van der Waals surface area contributed by atoms with Gasteiger partial charge in [0.05, 0.1) is 4.90 Å². The first-order chi connectivity index (χ1) is 9.56. The van der Waals surface area contributed by atoms with Gasteiger partial charge in [-0.25, -0.2) is 13.1 Å². The largest absolute Gasteiger partial charge is 0.398 e. The Bertz CT molecular complexity index is 561. The molecule has 4 nitrogen and oxygen atoms in total. The zero-order valence-corrected chi connectivity index (χ0v) is 14.7. The molecule has 0 aliphatic rings. The highest BCUT2D eigenvalue weighted by atomic mass is 32.2. The zero-order valence-electron chi connectivity index (χ0n) is 13.9. The number of hydrogen-bond acceptors (Lipinski definition) is 3. The Kier molecular flexibility index (Phi) is 5.82. The summed E-state index contributed by atoms with van der Waals surface area (Å²) in [6, 6.07) is 3.21. The first-order valence-corrected chi connectivity index (χ1v) is 8.91. The molecule has 1 aromatic carbocycles. The van der Waals surface area contributed by atoms with E-state index in [1.807, 2.05) is 13.8 Å². The molecule has 120 valence electrons. The van der Waals surface area contributed by atoms with Crippen molar-refractivity contribution in [2.75, 3.05) is 12.3 Å². The lowest BCUT2D eigenvalue weighted by Gasteiger charge is -2.25. The third kappa shape index (κ3) is 4.45. The number of anilines is 1. The van der Waals surface area contributed by atoms with Crippen LogP contribution in [-0.2, 0) is 10.0 Å². The van der Waals surface area contributed by atoms with Crippen LogP contribution in [-0.4, -0.2) is 15.0 Å². The topological polar surface area (TPSA) is 72.2 Å². The second-order valence-electron chi connectivity index (χ2n) is 6.46. The molecule has 21 heavy (non-hydrogen) atoms. The van der Waals surface area contributed by atoms with Crippen LogP contribution in [0.1, 0.15) is 38.8 Å². The van der Waals surface area contributed by atoms with Gasteiger partial charge in [-0.1, -0.05) is 27.7 Å². The lowest BCUT2D eigenvalue weighted by molar-refractivity contribution is 0.289. The van der Waals surface area contributed by atoms with Crippen molar-refractivity contribution < 1.29 is 8.42 Å². The standard InChI is InChI=1S/C16H28N2O2S/c1-10(2)15(11(3)4)9-18-21(19,20)14-7-12(5)13(6)16(17)8-14/h7-8,10-11,15,18H,9,17H2,1-6H3. The molecule has 0 radical (unpaired) electrons. The van der Waals surface area contributed by atoms with Crippen LogP contribution in [0.3, 0.4) is 0 Å². The van der Waals surface area contributed by atoms with E-state index in [1.165, 1.54) is 6.07 Å². The molecule has 0 heterocycles. The first kappa shape index (κ1) is 18.0. The third-order valence-corrected chi connectivity index (χ3v) is 5.62. The van der Waals surface area contributed by atoms with Gasteiger partial charge in [0.2, 0.25) is 10.0 Å². The van der Waals surface area contributed by atoms with Crippen molar-refractivity contribution in [3.05, 3.63) is 23.3 Å². The van der Waals surface area contributed by atoms with E-state index in [0.29, 0.717) is 30.0 Å². The second-order valence-corrected chi connectivity index (χ2v) is 8.23. The maximum atomic E-state index is 12.4. The van der Waals surface area contributed by atoms with Gasteiger partial charge in [0.1, 0.15) is 0 Å². The second kappa shape index (κ2) is 6.79. The highest BCUT2D eigenvalue weighted by molar-refractivity contribution is 7.89. The smallest absolute Gasteiger partial charge is 0.240 e. The summed E-state index contributed by atoms with van der Waals surface area (Å²) in [6.45, 7) is 12.7. The van der Waals surface area contributed by atoms with Gasteiger partial charge < -0.3 is 5.73 Å². The van der Waals surface area contributed by atoms with Gasteiger partial charge in [-0.2, -0.15) is 0 Å². The number of nitrogen functional groups attached to an aromatic ring is 1. The quantitative estimate of drug-likeness (QED) is 0.793. The van der Waals surface area contributed by atoms with E-state index in [-0.39, 0.29) is 4.90 Å². The highest BCUT2D eigenvalue weighted by Gasteiger charge is 2.22. The van der Waals surface area contributed by atoms with Crippen LogP contribution in [0.15, 0.2) is 17.0 Å². The molecule has 0 aromatic heterocycles. The van der Waals surface area contributed by atoms with Crippen LogP contribution in [0, 0.1) is 31.6 Å². The number of hydrogen-bond donors (Lipinski definition) is 2. The van der Waals surface area contributed by atoms with Crippen LogP contribution in [0.5, 0.6) is 0 Å². The number of aryl methyl sites for hydroxylation is 1. The fourth-order valence-electron chi connectivity index (χ4n) is 2.54. The minimum atomic E-state index is -3.51. The minimum Gasteiger partial charge on any atom is -0.398 e. The number of nitrogens with one attached hydrogen (secondary N) is 1. The van der Waals surface area contributed by atoms with Gasteiger partial charge in [0.15, 0.2) is 0 Å². The van der Waals surface area contributed by atoms with Crippen LogP contribution in [0.4, 0.5) is 5.69 Å². The SMILES string of the molecule is Cc1cc(S(=O)(=O)NCC(C(C)C)C(C)C)cc(N)c1C. The lowest BCUT2D eigenvalue weighted by Crippen LogP contribution is -2.34. The Balaban J connectivity index is 2.97. The molecule has 0 saturated carbocycles. The van der Waals surface area contributed by atoms with Crippen LogP contribution in [0.25, 0.3) is 0 Å². The third-order valence-electron chi connectivity index (χ3n) is 4.21. The molecule has 0 amide bonds. The molecular formula is C16H28N2O2S. The highest BCUT2D eigenvalue weighted by Crippen LogP contribution is 2.23. The van der Waals surface area contributed by atoms with Crippen LogP contribution in [0.2, 0.25) is 0 Å². The van der Waals surface area contributed by atoms with E-state index >= 15 is 0 Å². The molecule has 0 bridgehead atoms. The Morgan fingerprint density at radius 3 is 2.05 bits per heavy atom. The van der Waals surface area contributed by atoms with E-state index in [0.717, 1.165) is 11.1 Å². The zero-order chi connectivity index (χ0) is 16.4. The summed E-state index contributed by atoms with van der Waals surface area (Å²) in [7, 11) is -3.51. The summed E-state index contributed by atoms with van der Waals surface area (Å²) < 4.78 is 27.6. The summed E-state index contributed by atoms with van der Waals surface area (Å²) in [6.07, 6.45) is 0. The summed E-state index contributed by atoms with van der Waals surface area (Å²) in [5.74, 6) is 1.17. The van der Waals surface area contributed by atoms with Crippen LogP contribution < -0.4 is 10.5 Å². The average Bonchev–Trinajstić information content (AvgIpc) is 2.34. The predicted octanol–water partition coefficient (Wildman–Crippen LogP) is 3.09. The van der Waals surface area contributed by atoms with Gasteiger partial charge in [-0.05, 0) is 54.9 Å². The Hall–Kier alpha value is -1.07. The molecule has 3 N–H and O–H groups in total. The Labute approximate surface area is 129 Å². The van der Waals surface area contributed by atoms with E-state index in [4.69, 9.17) is 5.73 Å². The Morgan fingerprint density at radius 1 is 1.10 bits per heavy atom. The molecule has 0 aliphatic carbocycles. The number of nitrogens with two attached hydrogens (primary N) is 1. The summed E-state index contributed by atoms with van der Waals surface area (Å²) in [4.78, 5) is 0.245. The number of benzene rings is 1. The van der Waals surface area contributed by atoms with E-state index < -0.39 is 10.0 Å². The Morgan fingerprint density at radius 2 is 1.62 bits per heavy atom. The van der Waals surface area contributed by atoms with E-state index in [2.05, 4.69) is 32.4 Å². The van der Waals surface area contributed by atoms with Crippen molar-refractivity contribution in [2.24, 2.45) is 17.8 Å². The van der Waals surface area contributed by atoms with Crippen molar-refractivity contribution in [3.63, 3.8) is 0 Å². The molecule has 0 unspecified atom stereocenters. The molecule has 0 saturated heterocycles. The van der Waals surface area contributed by atoms with Crippen molar-refractivity contribution in [1.29, 1.82) is 0 Å². The van der Waals surface area contributed by atoms with Crippen molar-refractivity contribution in [2.45, 2.75) is 46.4 Å². The maximum absolute atomic E-state index is 12.4. The molecule has 0 atom stereocenters. The molecule has 0 fully saturated rings. The number of sulfonamides is 1. The van der Waals surface area contributed by atoms with Crippen molar-refractivity contribution >= 4 is 15.7 Å². The van der Waals surface area contributed by atoms with E-state index in [1.54, 1.807) is 6.07 Å². The minimum absolute atomic E-state index is 0.245. The van der Waals surface area contributed by atoms with Gasteiger partial charge >= 0.3 is 0 Å². The first-order valence-electron chi connectivity index (χ1n) is 7.42. The van der Waals surface area contributed by atoms with Gasteiger partial charge in [0, 0.05) is 12.2 Å². The van der Waals surface area contributed by atoms with Crippen molar-refractivity contribution in [3.8, 4) is 0 Å². The monoisotopic (exact) mass is 312 g/mol. The molecule has 5 heteroatoms. The normalized spacial score (nSPS) is 12.6. The molecule has 0 aliphatic heterocycles. The molecule has 1 aromatic rings. The van der Waals surface area contributed by atoms with Crippen molar-refractivity contribution in [1.82, 2.24) is 4.72 Å². The molecule has 1 rings (SSSR count). The van der Waals surface area contributed by atoms with Gasteiger partial charge in [-0.3, -0.25) is 0 Å².